The first-order chi connectivity index (χ1) is 7.38. The zero-order chi connectivity index (χ0) is 12.2. The molecule has 0 bridgehead atoms. The van der Waals surface area contributed by atoms with E-state index in [0.29, 0.717) is 12.4 Å². The summed E-state index contributed by atoms with van der Waals surface area (Å²) in [5, 5.41) is 0. The van der Waals surface area contributed by atoms with E-state index in [4.69, 9.17) is 4.74 Å². The number of ether oxygens (including phenoxy) is 1. The lowest BCUT2D eigenvalue weighted by molar-refractivity contribution is 0.267. The van der Waals surface area contributed by atoms with Crippen LogP contribution in [0.15, 0.2) is 18.2 Å². The van der Waals surface area contributed by atoms with Gasteiger partial charge in [0, 0.05) is 6.07 Å². The smallest absolute Gasteiger partial charge is 0.162 e. The third-order valence-corrected chi connectivity index (χ3v) is 2.23. The number of hydrogen-bond acceptors (Lipinski definition) is 1. The van der Waals surface area contributed by atoms with Crippen LogP contribution in [0.2, 0.25) is 0 Å². The molecule has 0 atom stereocenters. The molecule has 0 saturated heterocycles. The second-order valence-electron chi connectivity index (χ2n) is 5.09. The van der Waals surface area contributed by atoms with E-state index in [9.17, 15) is 8.78 Å². The van der Waals surface area contributed by atoms with Crippen LogP contribution in [-0.4, -0.2) is 6.61 Å². The average molecular weight is 228 g/mol. The van der Waals surface area contributed by atoms with Crippen LogP contribution >= 0.6 is 0 Å². The van der Waals surface area contributed by atoms with E-state index < -0.39 is 11.6 Å². The van der Waals surface area contributed by atoms with E-state index in [0.717, 1.165) is 25.0 Å². The summed E-state index contributed by atoms with van der Waals surface area (Å²) in [4.78, 5) is 0. The first kappa shape index (κ1) is 12.9. The van der Waals surface area contributed by atoms with Crippen molar-refractivity contribution >= 4 is 0 Å². The molecule has 0 amide bonds. The van der Waals surface area contributed by atoms with Crippen LogP contribution in [0.1, 0.15) is 33.6 Å². The molecule has 0 spiro atoms. The van der Waals surface area contributed by atoms with Crippen molar-refractivity contribution in [1.82, 2.24) is 0 Å². The lowest BCUT2D eigenvalue weighted by Gasteiger charge is -2.17. The molecule has 0 unspecified atom stereocenters. The molecule has 0 aliphatic heterocycles. The van der Waals surface area contributed by atoms with Gasteiger partial charge in [-0.25, -0.2) is 8.78 Å². The minimum Gasteiger partial charge on any atom is -0.493 e. The molecule has 0 N–H and O–H groups in total. The van der Waals surface area contributed by atoms with Crippen LogP contribution in [0.25, 0.3) is 0 Å². The maximum atomic E-state index is 12.8. The molecule has 90 valence electrons. The molecule has 0 saturated carbocycles. The van der Waals surface area contributed by atoms with Gasteiger partial charge in [-0.2, -0.15) is 0 Å². The topological polar surface area (TPSA) is 9.23 Å². The maximum Gasteiger partial charge on any atom is 0.162 e. The zero-order valence-electron chi connectivity index (χ0n) is 10.0. The highest BCUT2D eigenvalue weighted by Crippen LogP contribution is 2.21. The van der Waals surface area contributed by atoms with E-state index in [1.165, 1.54) is 6.07 Å². The quantitative estimate of drug-likeness (QED) is 0.703. The van der Waals surface area contributed by atoms with Crippen LogP contribution in [0.3, 0.4) is 0 Å². The largest absolute Gasteiger partial charge is 0.493 e. The minimum absolute atomic E-state index is 0.275. The Balaban J connectivity index is 2.35. The average Bonchev–Trinajstić information content (AvgIpc) is 2.17. The Labute approximate surface area is 95.4 Å². The summed E-state index contributed by atoms with van der Waals surface area (Å²) in [6.07, 6.45) is 1.94. The molecule has 0 aromatic heterocycles. The molecule has 0 fully saturated rings. The summed E-state index contributed by atoms with van der Waals surface area (Å²) >= 11 is 0. The second-order valence-corrected chi connectivity index (χ2v) is 5.09. The molecular weight excluding hydrogens is 210 g/mol. The zero-order valence-corrected chi connectivity index (χ0v) is 10.0. The van der Waals surface area contributed by atoms with Crippen LogP contribution in [0.5, 0.6) is 5.75 Å². The van der Waals surface area contributed by atoms with Crippen LogP contribution in [0, 0.1) is 17.0 Å². The maximum absolute atomic E-state index is 12.8. The Bertz CT molecular complexity index is 342. The van der Waals surface area contributed by atoms with Gasteiger partial charge in [0.15, 0.2) is 11.6 Å². The second kappa shape index (κ2) is 5.28. The normalized spacial score (nSPS) is 11.6. The van der Waals surface area contributed by atoms with Crippen molar-refractivity contribution in [2.75, 3.05) is 6.61 Å². The van der Waals surface area contributed by atoms with Crippen molar-refractivity contribution < 1.29 is 13.5 Å². The minimum atomic E-state index is -0.867. The van der Waals surface area contributed by atoms with Crippen LogP contribution in [-0.2, 0) is 0 Å². The molecule has 1 rings (SSSR count). The van der Waals surface area contributed by atoms with Crippen LogP contribution < -0.4 is 4.74 Å². The van der Waals surface area contributed by atoms with Gasteiger partial charge < -0.3 is 4.74 Å². The van der Waals surface area contributed by atoms with E-state index in [1.807, 2.05) is 0 Å². The van der Waals surface area contributed by atoms with E-state index >= 15 is 0 Å². The number of benzene rings is 1. The van der Waals surface area contributed by atoms with Gasteiger partial charge >= 0.3 is 0 Å². The van der Waals surface area contributed by atoms with Crippen molar-refractivity contribution in [1.29, 1.82) is 0 Å². The predicted octanol–water partition coefficient (Wildman–Crippen LogP) is 4.17. The van der Waals surface area contributed by atoms with Crippen molar-refractivity contribution in [3.8, 4) is 5.75 Å². The molecule has 1 aromatic rings. The Morgan fingerprint density at radius 3 is 2.38 bits per heavy atom. The third kappa shape index (κ3) is 4.60. The third-order valence-electron chi connectivity index (χ3n) is 2.23. The Kier molecular flexibility index (Phi) is 4.27. The summed E-state index contributed by atoms with van der Waals surface area (Å²) in [5.41, 5.74) is 0.275. The lowest BCUT2D eigenvalue weighted by atomic mass is 9.91. The number of rotatable bonds is 4. The van der Waals surface area contributed by atoms with Crippen molar-refractivity contribution in [2.45, 2.75) is 33.6 Å². The lowest BCUT2D eigenvalue weighted by Crippen LogP contribution is -2.08. The van der Waals surface area contributed by atoms with Gasteiger partial charge in [-0.05, 0) is 30.4 Å². The highest BCUT2D eigenvalue weighted by molar-refractivity contribution is 5.23. The molecule has 0 radical (unpaired) electrons. The van der Waals surface area contributed by atoms with Crippen LogP contribution in [0.4, 0.5) is 8.78 Å². The molecule has 0 aliphatic carbocycles. The predicted molar refractivity (Wildman–Crippen MR) is 60.5 cm³/mol. The highest BCUT2D eigenvalue weighted by atomic mass is 19.2. The van der Waals surface area contributed by atoms with Gasteiger partial charge in [-0.1, -0.05) is 20.8 Å². The van der Waals surface area contributed by atoms with E-state index in [1.54, 1.807) is 0 Å². The van der Waals surface area contributed by atoms with E-state index in [-0.39, 0.29) is 5.41 Å². The molecule has 1 aromatic carbocycles. The van der Waals surface area contributed by atoms with Gasteiger partial charge in [0.1, 0.15) is 5.75 Å². The van der Waals surface area contributed by atoms with Gasteiger partial charge in [0.2, 0.25) is 0 Å². The van der Waals surface area contributed by atoms with Crippen molar-refractivity contribution in [3.05, 3.63) is 29.8 Å². The van der Waals surface area contributed by atoms with Crippen molar-refractivity contribution in [3.63, 3.8) is 0 Å². The molecule has 16 heavy (non-hydrogen) atoms. The summed E-state index contributed by atoms with van der Waals surface area (Å²) in [6.45, 7) is 7.00. The summed E-state index contributed by atoms with van der Waals surface area (Å²) in [6, 6.07) is 3.59. The summed E-state index contributed by atoms with van der Waals surface area (Å²) in [7, 11) is 0. The first-order valence-electron chi connectivity index (χ1n) is 5.46. The fraction of sp³-hybridized carbons (Fsp3) is 0.538. The fourth-order valence-electron chi connectivity index (χ4n) is 1.36. The molecule has 0 heterocycles. The Morgan fingerprint density at radius 1 is 1.12 bits per heavy atom. The molecule has 3 heteroatoms. The van der Waals surface area contributed by atoms with Gasteiger partial charge in [0.05, 0.1) is 6.61 Å². The van der Waals surface area contributed by atoms with E-state index in [2.05, 4.69) is 20.8 Å². The summed E-state index contributed by atoms with van der Waals surface area (Å²) < 4.78 is 30.8. The number of hydrogen-bond donors (Lipinski definition) is 0. The van der Waals surface area contributed by atoms with Gasteiger partial charge in [0.25, 0.3) is 0 Å². The van der Waals surface area contributed by atoms with Gasteiger partial charge in [-0.3, -0.25) is 0 Å². The Hall–Kier alpha value is -1.12. The first-order valence-corrected chi connectivity index (χ1v) is 5.46. The van der Waals surface area contributed by atoms with Gasteiger partial charge in [-0.15, -0.1) is 0 Å². The molecule has 1 nitrogen and oxygen atoms in total. The number of halogens is 2. The SMILES string of the molecule is CC(C)(C)CCCOc1ccc(F)c(F)c1. The molecule has 0 aliphatic rings. The molecular formula is C13H18F2O. The highest BCUT2D eigenvalue weighted by Gasteiger charge is 2.09. The summed E-state index contributed by atoms with van der Waals surface area (Å²) in [5.74, 6) is -1.33. The standard InChI is InChI=1S/C13H18F2O/c1-13(2,3)7-4-8-16-10-5-6-11(14)12(15)9-10/h5-6,9H,4,7-8H2,1-3H3. The fourth-order valence-corrected chi connectivity index (χ4v) is 1.36. The monoisotopic (exact) mass is 228 g/mol. The van der Waals surface area contributed by atoms with Crippen molar-refractivity contribution in [2.24, 2.45) is 5.41 Å². The Morgan fingerprint density at radius 2 is 1.81 bits per heavy atom.